The maximum absolute atomic E-state index is 13.6. The lowest BCUT2D eigenvalue weighted by molar-refractivity contribution is 0.338. The van der Waals surface area contributed by atoms with E-state index in [-0.39, 0.29) is 0 Å². The third-order valence-corrected chi connectivity index (χ3v) is 5.21. The Kier molecular flexibility index (Phi) is 4.26. The molecule has 21 heavy (non-hydrogen) atoms. The van der Waals surface area contributed by atoms with E-state index < -0.39 is 31.8 Å². The zero-order chi connectivity index (χ0) is 15.5. The Bertz CT molecular complexity index is 726. The fourth-order valence-corrected chi connectivity index (χ4v) is 4.08. The van der Waals surface area contributed by atoms with Crippen LogP contribution in [0.15, 0.2) is 23.1 Å². The molecule has 1 N–H and O–H groups in total. The van der Waals surface area contributed by atoms with Gasteiger partial charge in [-0.05, 0) is 25.0 Å². The predicted octanol–water partition coefficient (Wildman–Crippen LogP) is 2.20. The van der Waals surface area contributed by atoms with Crippen LogP contribution in [0.2, 0.25) is 0 Å². The van der Waals surface area contributed by atoms with E-state index in [0.29, 0.717) is 12.8 Å². The molecule has 0 amide bonds. The largest absolute Gasteiger partial charge is 0.243 e. The molecular formula is C14H14FN3O2S. The van der Waals surface area contributed by atoms with E-state index in [4.69, 9.17) is 5.26 Å². The van der Waals surface area contributed by atoms with Crippen molar-refractivity contribution in [2.45, 2.75) is 42.5 Å². The van der Waals surface area contributed by atoms with Gasteiger partial charge in [0.2, 0.25) is 10.0 Å². The van der Waals surface area contributed by atoms with Gasteiger partial charge in [0, 0.05) is 0 Å². The third-order valence-electron chi connectivity index (χ3n) is 3.63. The van der Waals surface area contributed by atoms with Crippen LogP contribution in [0.25, 0.3) is 0 Å². The van der Waals surface area contributed by atoms with Crippen LogP contribution in [0.3, 0.4) is 0 Å². The molecule has 0 spiro atoms. The average Bonchev–Trinajstić information content (AvgIpc) is 2.47. The third kappa shape index (κ3) is 3.05. The molecule has 1 aliphatic carbocycles. The molecule has 1 saturated carbocycles. The Morgan fingerprint density at radius 1 is 1.19 bits per heavy atom. The van der Waals surface area contributed by atoms with E-state index in [1.807, 2.05) is 6.07 Å². The van der Waals surface area contributed by atoms with Gasteiger partial charge in [0.1, 0.15) is 27.9 Å². The van der Waals surface area contributed by atoms with Crippen LogP contribution >= 0.6 is 0 Å². The smallest absolute Gasteiger partial charge is 0.207 e. The molecule has 2 rings (SSSR count). The van der Waals surface area contributed by atoms with Crippen molar-refractivity contribution in [1.82, 2.24) is 4.72 Å². The van der Waals surface area contributed by atoms with Crippen LogP contribution in [0.1, 0.15) is 37.7 Å². The number of benzene rings is 1. The summed E-state index contributed by atoms with van der Waals surface area (Å²) < 4.78 is 40.8. The quantitative estimate of drug-likeness (QED) is 0.926. The van der Waals surface area contributed by atoms with Gasteiger partial charge in [-0.25, -0.2) is 12.8 Å². The van der Waals surface area contributed by atoms with Crippen LogP contribution in [0.4, 0.5) is 4.39 Å². The summed E-state index contributed by atoms with van der Waals surface area (Å²) in [6.07, 6.45) is 3.29. The predicted molar refractivity (Wildman–Crippen MR) is 72.9 cm³/mol. The molecule has 0 atom stereocenters. The van der Waals surface area contributed by atoms with Crippen molar-refractivity contribution >= 4 is 10.0 Å². The number of nitrogens with zero attached hydrogens (tertiary/aromatic N) is 2. The van der Waals surface area contributed by atoms with Gasteiger partial charge in [-0.3, -0.25) is 0 Å². The molecule has 0 radical (unpaired) electrons. The Morgan fingerprint density at radius 3 is 2.43 bits per heavy atom. The van der Waals surface area contributed by atoms with Crippen molar-refractivity contribution in [2.24, 2.45) is 0 Å². The van der Waals surface area contributed by atoms with Crippen LogP contribution in [0, 0.1) is 28.5 Å². The maximum Gasteiger partial charge on any atom is 0.243 e. The minimum atomic E-state index is -4.13. The van der Waals surface area contributed by atoms with Crippen molar-refractivity contribution < 1.29 is 12.8 Å². The second kappa shape index (κ2) is 5.80. The fourth-order valence-electron chi connectivity index (χ4n) is 2.54. The normalized spacial score (nSPS) is 17.7. The zero-order valence-electron chi connectivity index (χ0n) is 11.3. The molecule has 0 saturated heterocycles. The molecule has 7 heteroatoms. The second-order valence-corrected chi connectivity index (χ2v) is 6.74. The first-order chi connectivity index (χ1) is 9.94. The Hall–Kier alpha value is -1.96. The Morgan fingerprint density at radius 2 is 1.86 bits per heavy atom. The number of nitriles is 2. The summed E-state index contributed by atoms with van der Waals surface area (Å²) in [6.45, 7) is 0. The van der Waals surface area contributed by atoms with Crippen molar-refractivity contribution in [3.63, 3.8) is 0 Å². The number of hydrogen-bond donors (Lipinski definition) is 1. The van der Waals surface area contributed by atoms with E-state index in [2.05, 4.69) is 4.72 Å². The minimum absolute atomic E-state index is 0.417. The highest BCUT2D eigenvalue weighted by atomic mass is 32.2. The standard InChI is InChI=1S/C14H14FN3O2S/c15-12-5-4-6-13(11(12)9-16)21(19,20)18-14(10-17)7-2-1-3-8-14/h4-6,18H,1-3,7-8H2. The topological polar surface area (TPSA) is 93.8 Å². The SMILES string of the molecule is N#Cc1c(F)cccc1S(=O)(=O)NC1(C#N)CCCCC1. The first-order valence-electron chi connectivity index (χ1n) is 6.58. The van der Waals surface area contributed by atoms with Gasteiger partial charge in [-0.1, -0.05) is 25.3 Å². The molecule has 1 aromatic carbocycles. The van der Waals surface area contributed by atoms with Crippen molar-refractivity contribution in [2.75, 3.05) is 0 Å². The highest BCUT2D eigenvalue weighted by molar-refractivity contribution is 7.89. The number of rotatable bonds is 3. The number of hydrogen-bond acceptors (Lipinski definition) is 4. The fraction of sp³-hybridized carbons (Fsp3) is 0.429. The van der Waals surface area contributed by atoms with E-state index >= 15 is 0 Å². The summed E-state index contributed by atoms with van der Waals surface area (Å²) in [5.74, 6) is -0.893. The second-order valence-electron chi connectivity index (χ2n) is 5.08. The van der Waals surface area contributed by atoms with Gasteiger partial charge >= 0.3 is 0 Å². The maximum atomic E-state index is 13.6. The zero-order valence-corrected chi connectivity index (χ0v) is 12.1. The van der Waals surface area contributed by atoms with Crippen molar-refractivity contribution in [3.8, 4) is 12.1 Å². The van der Waals surface area contributed by atoms with Crippen LogP contribution in [-0.4, -0.2) is 14.0 Å². The van der Waals surface area contributed by atoms with E-state index in [1.165, 1.54) is 6.07 Å². The lowest BCUT2D eigenvalue weighted by atomic mass is 9.84. The van der Waals surface area contributed by atoms with Crippen LogP contribution in [0.5, 0.6) is 0 Å². The first kappa shape index (κ1) is 15.4. The van der Waals surface area contributed by atoms with E-state index in [9.17, 15) is 18.1 Å². The summed E-state index contributed by atoms with van der Waals surface area (Å²) in [5.41, 5.74) is -1.70. The monoisotopic (exact) mass is 307 g/mol. The highest BCUT2D eigenvalue weighted by Crippen LogP contribution is 2.30. The van der Waals surface area contributed by atoms with Crippen molar-refractivity contribution in [3.05, 3.63) is 29.6 Å². The molecule has 0 aromatic heterocycles. The Balaban J connectivity index is 2.42. The molecular weight excluding hydrogens is 293 g/mol. The lowest BCUT2D eigenvalue weighted by Crippen LogP contribution is -2.48. The van der Waals surface area contributed by atoms with Gasteiger partial charge in [0.25, 0.3) is 0 Å². The van der Waals surface area contributed by atoms with Gasteiger partial charge in [-0.2, -0.15) is 15.2 Å². The Labute approximate surface area is 123 Å². The molecule has 1 aliphatic rings. The summed E-state index contributed by atoms with van der Waals surface area (Å²) >= 11 is 0. The minimum Gasteiger partial charge on any atom is -0.207 e. The van der Waals surface area contributed by atoms with Crippen LogP contribution < -0.4 is 4.72 Å². The summed E-state index contributed by atoms with van der Waals surface area (Å²) in [5, 5.41) is 18.3. The van der Waals surface area contributed by atoms with Gasteiger partial charge < -0.3 is 0 Å². The van der Waals surface area contributed by atoms with E-state index in [1.54, 1.807) is 6.07 Å². The number of nitrogens with one attached hydrogen (secondary N) is 1. The van der Waals surface area contributed by atoms with Crippen molar-refractivity contribution in [1.29, 1.82) is 10.5 Å². The summed E-state index contributed by atoms with van der Waals surface area (Å²) in [6, 6.07) is 7.01. The average molecular weight is 307 g/mol. The van der Waals surface area contributed by atoms with Gasteiger partial charge in [0.15, 0.2) is 0 Å². The molecule has 0 aliphatic heterocycles. The highest BCUT2D eigenvalue weighted by Gasteiger charge is 2.37. The first-order valence-corrected chi connectivity index (χ1v) is 8.06. The molecule has 0 unspecified atom stereocenters. The molecule has 0 bridgehead atoms. The van der Waals surface area contributed by atoms with Gasteiger partial charge in [0.05, 0.1) is 6.07 Å². The molecule has 1 fully saturated rings. The van der Waals surface area contributed by atoms with E-state index in [0.717, 1.165) is 31.4 Å². The summed E-state index contributed by atoms with van der Waals surface area (Å²) in [4.78, 5) is -0.426. The van der Waals surface area contributed by atoms with Crippen LogP contribution in [-0.2, 0) is 10.0 Å². The number of sulfonamides is 1. The molecule has 1 aromatic rings. The number of halogens is 1. The lowest BCUT2D eigenvalue weighted by Gasteiger charge is -2.31. The molecule has 0 heterocycles. The molecule has 5 nitrogen and oxygen atoms in total. The molecule has 110 valence electrons. The summed E-state index contributed by atoms with van der Waals surface area (Å²) in [7, 11) is -4.13. The van der Waals surface area contributed by atoms with Gasteiger partial charge in [-0.15, -0.1) is 0 Å².